The fourth-order valence-corrected chi connectivity index (χ4v) is 2.89. The highest BCUT2D eigenvalue weighted by molar-refractivity contribution is 9.10. The molecule has 8 heteroatoms. The number of carbonyl (C=O) groups excluding carboxylic acids is 1. The Morgan fingerprint density at radius 2 is 1.74 bits per heavy atom. The van der Waals surface area contributed by atoms with E-state index in [9.17, 15) is 9.18 Å². The molecule has 6 nitrogen and oxygen atoms in total. The molecule has 27 heavy (non-hydrogen) atoms. The SMILES string of the molecule is COc1cc(C2=NC(=Cc3ccc(F)c(Br)c3)C(=O)O2)cc(OC)c1OC. The van der Waals surface area contributed by atoms with E-state index < -0.39 is 11.8 Å². The summed E-state index contributed by atoms with van der Waals surface area (Å²) in [6.07, 6.45) is 1.51. The highest BCUT2D eigenvalue weighted by Crippen LogP contribution is 2.39. The van der Waals surface area contributed by atoms with Crippen LogP contribution in [0.2, 0.25) is 0 Å². The van der Waals surface area contributed by atoms with E-state index in [1.54, 1.807) is 18.2 Å². The summed E-state index contributed by atoms with van der Waals surface area (Å²) in [5.41, 5.74) is 1.18. The molecule has 0 aliphatic carbocycles. The molecule has 2 aromatic rings. The molecule has 0 saturated heterocycles. The molecular weight excluding hydrogens is 421 g/mol. The summed E-state index contributed by atoms with van der Waals surface area (Å²) in [5.74, 6) is 0.329. The summed E-state index contributed by atoms with van der Waals surface area (Å²) in [6.45, 7) is 0. The number of cyclic esters (lactones) is 1. The maximum absolute atomic E-state index is 13.4. The van der Waals surface area contributed by atoms with Crippen molar-refractivity contribution in [2.24, 2.45) is 4.99 Å². The van der Waals surface area contributed by atoms with E-state index in [0.717, 1.165) is 0 Å². The van der Waals surface area contributed by atoms with E-state index in [1.165, 1.54) is 39.5 Å². The molecule has 2 aromatic carbocycles. The second kappa shape index (κ2) is 7.79. The second-order valence-corrected chi connectivity index (χ2v) is 6.28. The van der Waals surface area contributed by atoms with Crippen molar-refractivity contribution in [3.8, 4) is 17.2 Å². The number of benzene rings is 2. The van der Waals surface area contributed by atoms with Crippen LogP contribution in [0.25, 0.3) is 6.08 Å². The lowest BCUT2D eigenvalue weighted by Gasteiger charge is -2.13. The predicted octanol–water partition coefficient (Wildman–Crippen LogP) is 3.96. The third kappa shape index (κ3) is 3.80. The molecule has 0 spiro atoms. The number of nitrogens with zero attached hydrogens (tertiary/aromatic N) is 1. The Morgan fingerprint density at radius 1 is 1.07 bits per heavy atom. The lowest BCUT2D eigenvalue weighted by Crippen LogP contribution is -2.06. The molecule has 1 aliphatic rings. The van der Waals surface area contributed by atoms with Crippen LogP contribution in [-0.4, -0.2) is 33.2 Å². The van der Waals surface area contributed by atoms with Gasteiger partial charge >= 0.3 is 5.97 Å². The quantitative estimate of drug-likeness (QED) is 0.525. The minimum atomic E-state index is -0.612. The average Bonchev–Trinajstić information content (AvgIpc) is 3.03. The maximum Gasteiger partial charge on any atom is 0.363 e. The van der Waals surface area contributed by atoms with Crippen molar-refractivity contribution in [2.45, 2.75) is 0 Å². The van der Waals surface area contributed by atoms with Gasteiger partial charge in [0.25, 0.3) is 0 Å². The van der Waals surface area contributed by atoms with Crippen LogP contribution in [0.1, 0.15) is 11.1 Å². The van der Waals surface area contributed by atoms with Crippen LogP contribution in [0.4, 0.5) is 4.39 Å². The van der Waals surface area contributed by atoms with Crippen molar-refractivity contribution in [1.29, 1.82) is 0 Å². The molecule has 1 aliphatic heterocycles. The van der Waals surface area contributed by atoms with Crippen LogP contribution in [0.5, 0.6) is 17.2 Å². The van der Waals surface area contributed by atoms with Gasteiger partial charge in [0.15, 0.2) is 17.2 Å². The highest BCUT2D eigenvalue weighted by atomic mass is 79.9. The van der Waals surface area contributed by atoms with Crippen molar-refractivity contribution in [3.05, 3.63) is 57.4 Å². The smallest absolute Gasteiger partial charge is 0.363 e. The van der Waals surface area contributed by atoms with E-state index in [0.29, 0.717) is 28.4 Å². The van der Waals surface area contributed by atoms with Gasteiger partial charge in [0, 0.05) is 5.56 Å². The minimum Gasteiger partial charge on any atom is -0.493 e. The molecule has 0 amide bonds. The van der Waals surface area contributed by atoms with Crippen molar-refractivity contribution >= 4 is 33.9 Å². The van der Waals surface area contributed by atoms with Crippen LogP contribution in [-0.2, 0) is 9.53 Å². The molecule has 0 bridgehead atoms. The Balaban J connectivity index is 2.01. The third-order valence-electron chi connectivity index (χ3n) is 3.78. The van der Waals surface area contributed by atoms with Crippen LogP contribution in [0.15, 0.2) is 45.5 Å². The standard InChI is InChI=1S/C19H15BrFNO5/c1-24-15-8-11(9-16(25-2)17(15)26-3)18-22-14(19(23)27-18)7-10-4-5-13(21)12(20)6-10/h4-9H,1-3H3. The first-order valence-electron chi connectivity index (χ1n) is 7.74. The van der Waals surface area contributed by atoms with Gasteiger partial charge in [0.1, 0.15) is 5.82 Å². The summed E-state index contributed by atoms with van der Waals surface area (Å²) in [5, 5.41) is 0. The zero-order valence-electron chi connectivity index (χ0n) is 14.7. The van der Waals surface area contributed by atoms with Crippen LogP contribution < -0.4 is 14.2 Å². The number of carbonyl (C=O) groups is 1. The van der Waals surface area contributed by atoms with Gasteiger partial charge in [0.05, 0.1) is 25.8 Å². The first-order chi connectivity index (χ1) is 13.0. The van der Waals surface area contributed by atoms with E-state index >= 15 is 0 Å². The fraction of sp³-hybridized carbons (Fsp3) is 0.158. The summed E-state index contributed by atoms with van der Waals surface area (Å²) >= 11 is 3.11. The number of hydrogen-bond acceptors (Lipinski definition) is 6. The van der Waals surface area contributed by atoms with Gasteiger partial charge in [-0.3, -0.25) is 0 Å². The van der Waals surface area contributed by atoms with Gasteiger partial charge in [-0.2, -0.15) is 0 Å². The Hall–Kier alpha value is -2.87. The summed E-state index contributed by atoms with van der Waals surface area (Å²) in [4.78, 5) is 16.4. The normalized spacial score (nSPS) is 14.8. The monoisotopic (exact) mass is 435 g/mol. The largest absolute Gasteiger partial charge is 0.493 e. The third-order valence-corrected chi connectivity index (χ3v) is 4.39. The lowest BCUT2D eigenvalue weighted by atomic mass is 10.1. The van der Waals surface area contributed by atoms with Crippen LogP contribution in [0, 0.1) is 5.82 Å². The zero-order chi connectivity index (χ0) is 19.6. The molecule has 0 radical (unpaired) electrons. The van der Waals surface area contributed by atoms with Crippen molar-refractivity contribution in [3.63, 3.8) is 0 Å². The van der Waals surface area contributed by atoms with E-state index in [2.05, 4.69) is 20.9 Å². The van der Waals surface area contributed by atoms with E-state index in [4.69, 9.17) is 18.9 Å². The first-order valence-corrected chi connectivity index (χ1v) is 8.54. The zero-order valence-corrected chi connectivity index (χ0v) is 16.3. The average molecular weight is 436 g/mol. The summed E-state index contributed by atoms with van der Waals surface area (Å²) in [7, 11) is 4.47. The van der Waals surface area contributed by atoms with Gasteiger partial charge in [-0.05, 0) is 51.8 Å². The van der Waals surface area contributed by atoms with Crippen molar-refractivity contribution in [1.82, 2.24) is 0 Å². The predicted molar refractivity (Wildman–Crippen MR) is 101 cm³/mol. The number of rotatable bonds is 5. The second-order valence-electron chi connectivity index (χ2n) is 5.42. The molecule has 140 valence electrons. The Kier molecular flexibility index (Phi) is 5.46. The summed E-state index contributed by atoms with van der Waals surface area (Å²) in [6, 6.07) is 7.63. The van der Waals surface area contributed by atoms with Gasteiger partial charge in [0.2, 0.25) is 11.6 Å². The Bertz CT molecular complexity index is 946. The molecule has 0 saturated carbocycles. The van der Waals surface area contributed by atoms with E-state index in [1.807, 2.05) is 0 Å². The molecule has 0 aromatic heterocycles. The van der Waals surface area contributed by atoms with Crippen molar-refractivity contribution in [2.75, 3.05) is 21.3 Å². The molecule has 0 N–H and O–H groups in total. The van der Waals surface area contributed by atoms with Gasteiger partial charge in [-0.25, -0.2) is 14.2 Å². The number of esters is 1. The van der Waals surface area contributed by atoms with Gasteiger partial charge in [-0.15, -0.1) is 0 Å². The summed E-state index contributed by atoms with van der Waals surface area (Å²) < 4.78 is 34.8. The van der Waals surface area contributed by atoms with Crippen LogP contribution >= 0.6 is 15.9 Å². The molecule has 0 fully saturated rings. The molecule has 3 rings (SSSR count). The lowest BCUT2D eigenvalue weighted by molar-refractivity contribution is -0.129. The molecule has 1 heterocycles. The Labute approximate surface area is 163 Å². The molecular formula is C19H15BrFNO5. The van der Waals surface area contributed by atoms with Gasteiger partial charge in [-0.1, -0.05) is 6.07 Å². The molecule has 0 atom stereocenters. The van der Waals surface area contributed by atoms with E-state index in [-0.39, 0.29) is 16.1 Å². The van der Waals surface area contributed by atoms with Crippen LogP contribution in [0.3, 0.4) is 0 Å². The maximum atomic E-state index is 13.4. The minimum absolute atomic E-state index is 0.0947. The first kappa shape index (κ1) is 18.9. The fourth-order valence-electron chi connectivity index (χ4n) is 2.50. The number of hydrogen-bond donors (Lipinski definition) is 0. The van der Waals surface area contributed by atoms with Crippen molar-refractivity contribution < 1.29 is 28.1 Å². The highest BCUT2D eigenvalue weighted by Gasteiger charge is 2.26. The Morgan fingerprint density at radius 3 is 2.30 bits per heavy atom. The number of halogens is 2. The molecule has 0 unspecified atom stereocenters. The number of ether oxygens (including phenoxy) is 4. The number of aliphatic imine (C=N–C) groups is 1. The topological polar surface area (TPSA) is 66.4 Å². The van der Waals surface area contributed by atoms with Gasteiger partial charge < -0.3 is 18.9 Å². The number of methoxy groups -OCH3 is 3.